The average Bonchev–Trinajstić information content (AvgIpc) is 3.20. The summed E-state index contributed by atoms with van der Waals surface area (Å²) in [6.45, 7) is 2.34. The number of rotatable bonds is 6. The SMILES string of the molecule is CCc1ccc(C(=O)N(Cc2nc(C(=O)OC)co2)C2CCCCC2)cc1. The number of amides is 1. The Labute approximate surface area is 159 Å². The van der Waals surface area contributed by atoms with Crippen LogP contribution in [0.25, 0.3) is 0 Å². The second kappa shape index (κ2) is 8.84. The van der Waals surface area contributed by atoms with Gasteiger partial charge in [-0.1, -0.05) is 38.3 Å². The summed E-state index contributed by atoms with van der Waals surface area (Å²) in [5.74, 6) is -0.224. The summed E-state index contributed by atoms with van der Waals surface area (Å²) in [4.78, 5) is 30.8. The number of hydrogen-bond acceptors (Lipinski definition) is 5. The summed E-state index contributed by atoms with van der Waals surface area (Å²) in [5, 5.41) is 0. The Balaban J connectivity index is 1.82. The second-order valence-corrected chi connectivity index (χ2v) is 6.89. The van der Waals surface area contributed by atoms with Gasteiger partial charge in [0.2, 0.25) is 5.89 Å². The lowest BCUT2D eigenvalue weighted by atomic mass is 9.93. The molecule has 1 aliphatic carbocycles. The van der Waals surface area contributed by atoms with Gasteiger partial charge in [-0.2, -0.15) is 0 Å². The molecular formula is C21H26N2O4. The summed E-state index contributed by atoms with van der Waals surface area (Å²) in [6, 6.07) is 7.91. The number of aromatic nitrogens is 1. The van der Waals surface area contributed by atoms with E-state index in [9.17, 15) is 9.59 Å². The number of carbonyl (C=O) groups excluding carboxylic acids is 2. The van der Waals surface area contributed by atoms with Gasteiger partial charge < -0.3 is 14.1 Å². The number of aryl methyl sites for hydroxylation is 1. The Hall–Kier alpha value is -2.63. The van der Waals surface area contributed by atoms with E-state index in [1.807, 2.05) is 29.2 Å². The standard InChI is InChI=1S/C21H26N2O4/c1-3-15-9-11-16(12-10-15)20(24)23(17-7-5-4-6-8-17)13-19-22-18(14-27-19)21(25)26-2/h9-12,14,17H,3-8,13H2,1-2H3. The van der Waals surface area contributed by atoms with Gasteiger partial charge in [-0.3, -0.25) is 4.79 Å². The van der Waals surface area contributed by atoms with E-state index in [0.717, 1.165) is 32.1 Å². The van der Waals surface area contributed by atoms with Crippen molar-refractivity contribution in [3.63, 3.8) is 0 Å². The zero-order valence-corrected chi connectivity index (χ0v) is 15.9. The molecule has 1 heterocycles. The molecule has 1 aromatic carbocycles. The Morgan fingerprint density at radius 3 is 2.52 bits per heavy atom. The largest absolute Gasteiger partial charge is 0.464 e. The highest BCUT2D eigenvalue weighted by atomic mass is 16.5. The van der Waals surface area contributed by atoms with Gasteiger partial charge in [0, 0.05) is 11.6 Å². The first-order valence-corrected chi connectivity index (χ1v) is 9.55. The molecule has 1 fully saturated rings. The van der Waals surface area contributed by atoms with E-state index >= 15 is 0 Å². The highest BCUT2D eigenvalue weighted by molar-refractivity contribution is 5.94. The fourth-order valence-corrected chi connectivity index (χ4v) is 3.54. The predicted octanol–water partition coefficient (Wildman–Crippen LogP) is 4.00. The average molecular weight is 370 g/mol. The Bertz CT molecular complexity index is 776. The molecule has 1 aliphatic rings. The third-order valence-electron chi connectivity index (χ3n) is 5.14. The first-order chi connectivity index (χ1) is 13.1. The summed E-state index contributed by atoms with van der Waals surface area (Å²) in [6.07, 6.45) is 7.60. The van der Waals surface area contributed by atoms with Gasteiger partial charge in [0.15, 0.2) is 5.69 Å². The molecule has 6 heteroatoms. The maximum Gasteiger partial charge on any atom is 0.360 e. The zero-order valence-electron chi connectivity index (χ0n) is 15.9. The summed E-state index contributed by atoms with van der Waals surface area (Å²) in [7, 11) is 1.30. The fraction of sp³-hybridized carbons (Fsp3) is 0.476. The quantitative estimate of drug-likeness (QED) is 0.719. The van der Waals surface area contributed by atoms with Crippen LogP contribution in [-0.2, 0) is 17.7 Å². The molecule has 1 amide bonds. The van der Waals surface area contributed by atoms with Crippen LogP contribution in [0.4, 0.5) is 0 Å². The lowest BCUT2D eigenvalue weighted by Gasteiger charge is -2.33. The minimum atomic E-state index is -0.546. The molecule has 0 atom stereocenters. The van der Waals surface area contributed by atoms with Crippen molar-refractivity contribution in [1.29, 1.82) is 0 Å². The molecule has 0 saturated heterocycles. The van der Waals surface area contributed by atoms with Crippen LogP contribution in [-0.4, -0.2) is 34.9 Å². The molecule has 3 rings (SSSR count). The van der Waals surface area contributed by atoms with Crippen LogP contribution in [0.1, 0.15) is 71.3 Å². The number of benzene rings is 1. The van der Waals surface area contributed by atoms with Gasteiger partial charge in [-0.15, -0.1) is 0 Å². The normalized spacial score (nSPS) is 14.7. The highest BCUT2D eigenvalue weighted by Crippen LogP contribution is 2.26. The van der Waals surface area contributed by atoms with Crippen molar-refractivity contribution >= 4 is 11.9 Å². The third kappa shape index (κ3) is 4.56. The molecule has 1 aromatic heterocycles. The highest BCUT2D eigenvalue weighted by Gasteiger charge is 2.28. The maximum absolute atomic E-state index is 13.2. The van der Waals surface area contributed by atoms with Crippen LogP contribution in [0.3, 0.4) is 0 Å². The number of oxazole rings is 1. The van der Waals surface area contributed by atoms with Gasteiger partial charge in [0.1, 0.15) is 6.26 Å². The number of ether oxygens (including phenoxy) is 1. The molecule has 27 heavy (non-hydrogen) atoms. The Morgan fingerprint density at radius 2 is 1.89 bits per heavy atom. The van der Waals surface area contributed by atoms with Crippen molar-refractivity contribution in [3.8, 4) is 0 Å². The van der Waals surface area contributed by atoms with E-state index in [1.165, 1.54) is 25.4 Å². The van der Waals surface area contributed by atoms with Crippen LogP contribution in [0.5, 0.6) is 0 Å². The maximum atomic E-state index is 13.2. The minimum absolute atomic E-state index is 0.0256. The van der Waals surface area contributed by atoms with Crippen molar-refractivity contribution < 1.29 is 18.7 Å². The lowest BCUT2D eigenvalue weighted by molar-refractivity contribution is 0.0590. The molecule has 0 bridgehead atoms. The van der Waals surface area contributed by atoms with Gasteiger partial charge in [0.25, 0.3) is 5.91 Å². The molecule has 144 valence electrons. The van der Waals surface area contributed by atoms with Crippen LogP contribution in [0.2, 0.25) is 0 Å². The number of hydrogen-bond donors (Lipinski definition) is 0. The fourth-order valence-electron chi connectivity index (χ4n) is 3.54. The lowest BCUT2D eigenvalue weighted by Crippen LogP contribution is -2.41. The van der Waals surface area contributed by atoms with E-state index in [2.05, 4.69) is 16.6 Å². The van der Waals surface area contributed by atoms with Crippen LogP contribution >= 0.6 is 0 Å². The molecule has 0 N–H and O–H groups in total. The molecule has 6 nitrogen and oxygen atoms in total. The molecule has 0 aliphatic heterocycles. The van der Waals surface area contributed by atoms with Crippen LogP contribution in [0, 0.1) is 0 Å². The predicted molar refractivity (Wildman–Crippen MR) is 100 cm³/mol. The van der Waals surface area contributed by atoms with Crippen molar-refractivity contribution in [2.24, 2.45) is 0 Å². The van der Waals surface area contributed by atoms with E-state index in [1.54, 1.807) is 0 Å². The van der Waals surface area contributed by atoms with E-state index < -0.39 is 5.97 Å². The molecule has 0 unspecified atom stereocenters. The summed E-state index contributed by atoms with van der Waals surface area (Å²) < 4.78 is 10.1. The molecule has 1 saturated carbocycles. The molecule has 0 radical (unpaired) electrons. The Morgan fingerprint density at radius 1 is 1.19 bits per heavy atom. The number of carbonyl (C=O) groups is 2. The van der Waals surface area contributed by atoms with Gasteiger partial charge in [-0.05, 0) is 37.0 Å². The first kappa shape index (κ1) is 19.1. The van der Waals surface area contributed by atoms with Crippen LogP contribution in [0.15, 0.2) is 34.9 Å². The Kier molecular flexibility index (Phi) is 6.27. The summed E-state index contributed by atoms with van der Waals surface area (Å²) >= 11 is 0. The molecule has 2 aromatic rings. The van der Waals surface area contributed by atoms with Crippen molar-refractivity contribution in [2.45, 2.75) is 58.0 Å². The third-order valence-corrected chi connectivity index (χ3v) is 5.14. The minimum Gasteiger partial charge on any atom is -0.464 e. The molecular weight excluding hydrogens is 344 g/mol. The number of nitrogens with zero attached hydrogens (tertiary/aromatic N) is 2. The van der Waals surface area contributed by atoms with E-state index in [4.69, 9.17) is 4.42 Å². The van der Waals surface area contributed by atoms with Crippen LogP contribution < -0.4 is 0 Å². The van der Waals surface area contributed by atoms with Gasteiger partial charge in [-0.25, -0.2) is 9.78 Å². The topological polar surface area (TPSA) is 72.6 Å². The van der Waals surface area contributed by atoms with Gasteiger partial charge >= 0.3 is 5.97 Å². The van der Waals surface area contributed by atoms with E-state index in [0.29, 0.717) is 11.5 Å². The number of esters is 1. The van der Waals surface area contributed by atoms with Crippen molar-refractivity contribution in [1.82, 2.24) is 9.88 Å². The van der Waals surface area contributed by atoms with Crippen molar-refractivity contribution in [3.05, 3.63) is 53.2 Å². The van der Waals surface area contributed by atoms with Crippen molar-refractivity contribution in [2.75, 3.05) is 7.11 Å². The number of methoxy groups -OCH3 is 1. The smallest absolute Gasteiger partial charge is 0.360 e. The summed E-state index contributed by atoms with van der Waals surface area (Å²) in [5.41, 5.74) is 1.99. The first-order valence-electron chi connectivity index (χ1n) is 9.55. The second-order valence-electron chi connectivity index (χ2n) is 6.89. The molecule has 0 spiro atoms. The van der Waals surface area contributed by atoms with E-state index in [-0.39, 0.29) is 24.2 Å². The zero-order chi connectivity index (χ0) is 19.2. The van der Waals surface area contributed by atoms with Gasteiger partial charge in [0.05, 0.1) is 13.7 Å². The monoisotopic (exact) mass is 370 g/mol.